The summed E-state index contributed by atoms with van der Waals surface area (Å²) in [5.41, 5.74) is 3.33. The van der Waals surface area contributed by atoms with E-state index in [0.717, 1.165) is 29.7 Å². The lowest BCUT2D eigenvalue weighted by Gasteiger charge is -2.43. The van der Waals surface area contributed by atoms with Gasteiger partial charge in [-0.25, -0.2) is 27.9 Å². The fraction of sp³-hybridized carbons (Fsp3) is 0.320. The molecule has 174 valence electrons. The molecule has 0 saturated heterocycles. The smallest absolute Gasteiger partial charge is 0.335 e. The van der Waals surface area contributed by atoms with Crippen LogP contribution in [0.1, 0.15) is 52.7 Å². The van der Waals surface area contributed by atoms with Crippen LogP contribution >= 0.6 is 0 Å². The molecule has 1 aromatic heterocycles. The second-order valence-electron chi connectivity index (χ2n) is 9.41. The van der Waals surface area contributed by atoms with Gasteiger partial charge < -0.3 is 10.4 Å². The molecule has 2 aromatic carbocycles. The highest BCUT2D eigenvalue weighted by Crippen LogP contribution is 2.63. The predicted molar refractivity (Wildman–Crippen MR) is 126 cm³/mol. The molecule has 1 aliphatic heterocycles. The van der Waals surface area contributed by atoms with Gasteiger partial charge in [-0.15, -0.1) is 0 Å². The van der Waals surface area contributed by atoms with Crippen molar-refractivity contribution in [2.75, 3.05) is 10.0 Å². The van der Waals surface area contributed by atoms with Crippen molar-refractivity contribution in [1.82, 2.24) is 9.97 Å². The van der Waals surface area contributed by atoms with Crippen molar-refractivity contribution in [3.63, 3.8) is 0 Å². The number of carboxylic acid groups (broad SMARTS) is 1. The summed E-state index contributed by atoms with van der Waals surface area (Å²) >= 11 is 0. The molecule has 2 heterocycles. The van der Waals surface area contributed by atoms with Gasteiger partial charge >= 0.3 is 5.97 Å². The van der Waals surface area contributed by atoms with Gasteiger partial charge in [0.25, 0.3) is 10.0 Å². The standard InChI is InChI=1S/C25H24N4O4S/c30-24(31)15-4-2-14(3-5-15)23-22-17-7-6-16(12-17)21(22)19-13-18(8-9-20(19)28-23)34(32,33)29-25-26-10-1-11-27-25/h1-5,8-11,13,16-17,21-23,28H,6-7,12H2,(H,30,31)(H,26,27,29)/t16-,17-,21-,22+,23-/m0/s1. The van der Waals surface area contributed by atoms with Gasteiger partial charge in [-0.1, -0.05) is 12.1 Å². The number of benzene rings is 2. The molecule has 2 saturated carbocycles. The Kier molecular flexibility index (Phi) is 4.84. The van der Waals surface area contributed by atoms with E-state index in [2.05, 4.69) is 20.0 Å². The third kappa shape index (κ3) is 3.42. The number of nitrogens with one attached hydrogen (secondary N) is 2. The lowest BCUT2D eigenvalue weighted by molar-refractivity contribution is 0.0697. The number of aromatic carboxylic acids is 1. The van der Waals surface area contributed by atoms with Crippen molar-refractivity contribution < 1.29 is 18.3 Å². The summed E-state index contributed by atoms with van der Waals surface area (Å²) in [6.45, 7) is 0. The molecule has 6 rings (SSSR count). The Balaban J connectivity index is 1.37. The van der Waals surface area contributed by atoms with Crippen molar-refractivity contribution in [3.8, 4) is 0 Å². The number of fused-ring (bicyclic) bond motifs is 7. The average Bonchev–Trinajstić information content (AvgIpc) is 3.46. The van der Waals surface area contributed by atoms with Gasteiger partial charge in [0.05, 0.1) is 16.5 Å². The van der Waals surface area contributed by atoms with Crippen LogP contribution in [0.3, 0.4) is 0 Å². The first-order chi connectivity index (χ1) is 16.4. The number of carboxylic acids is 1. The first-order valence-corrected chi connectivity index (χ1v) is 12.9. The molecule has 2 aliphatic carbocycles. The number of hydrogen-bond acceptors (Lipinski definition) is 6. The van der Waals surface area contributed by atoms with Crippen molar-refractivity contribution >= 4 is 27.6 Å². The van der Waals surface area contributed by atoms with Crippen molar-refractivity contribution in [3.05, 3.63) is 77.6 Å². The topological polar surface area (TPSA) is 121 Å². The number of sulfonamides is 1. The molecular formula is C25H24N4O4S. The maximum atomic E-state index is 13.1. The Morgan fingerprint density at radius 1 is 1.03 bits per heavy atom. The Labute approximate surface area is 197 Å². The zero-order chi connectivity index (χ0) is 23.4. The minimum Gasteiger partial charge on any atom is -0.478 e. The number of anilines is 2. The largest absolute Gasteiger partial charge is 0.478 e. The number of carbonyl (C=O) groups is 1. The van der Waals surface area contributed by atoms with E-state index in [-0.39, 0.29) is 28.4 Å². The van der Waals surface area contributed by atoms with E-state index in [0.29, 0.717) is 17.8 Å². The lowest BCUT2D eigenvalue weighted by Crippen LogP contribution is -2.35. The van der Waals surface area contributed by atoms with Crippen molar-refractivity contribution in [2.24, 2.45) is 17.8 Å². The number of rotatable bonds is 5. The first kappa shape index (κ1) is 21.1. The van der Waals surface area contributed by atoms with Crippen LogP contribution in [0, 0.1) is 17.8 Å². The van der Waals surface area contributed by atoms with Crippen LogP contribution < -0.4 is 10.0 Å². The second-order valence-corrected chi connectivity index (χ2v) is 11.1. The zero-order valence-corrected chi connectivity index (χ0v) is 19.1. The summed E-state index contributed by atoms with van der Waals surface area (Å²) in [5, 5.41) is 12.9. The summed E-state index contributed by atoms with van der Waals surface area (Å²) < 4.78 is 28.6. The molecule has 2 bridgehead atoms. The van der Waals surface area contributed by atoms with E-state index < -0.39 is 16.0 Å². The maximum absolute atomic E-state index is 13.1. The fourth-order valence-corrected chi connectivity index (χ4v) is 7.32. The van der Waals surface area contributed by atoms with Crippen LogP contribution in [0.15, 0.2) is 65.8 Å². The monoisotopic (exact) mass is 476 g/mol. The van der Waals surface area contributed by atoms with Crippen molar-refractivity contribution in [1.29, 1.82) is 0 Å². The summed E-state index contributed by atoms with van der Waals surface area (Å²) in [6.07, 6.45) is 6.46. The number of nitrogens with zero attached hydrogens (tertiary/aromatic N) is 2. The SMILES string of the molecule is O=C(O)c1ccc([C@@H]2Nc3ccc(S(=O)(=O)Nc4ncccn4)cc3[C@@H]3[C@H]4CC[C@@H](C4)[C@H]32)cc1. The van der Waals surface area contributed by atoms with Gasteiger partial charge in [0.2, 0.25) is 5.95 Å². The number of hydrogen-bond donors (Lipinski definition) is 3. The van der Waals surface area contributed by atoms with Gasteiger partial charge in [-0.3, -0.25) is 0 Å². The third-order valence-corrected chi connectivity index (χ3v) is 9.00. The third-order valence-electron chi connectivity index (χ3n) is 7.68. The van der Waals surface area contributed by atoms with E-state index in [4.69, 9.17) is 0 Å². The fourth-order valence-electron chi connectivity index (χ4n) is 6.33. The summed E-state index contributed by atoms with van der Waals surface area (Å²) in [7, 11) is -3.83. The average molecular weight is 477 g/mol. The van der Waals surface area contributed by atoms with Gasteiger partial charge in [-0.2, -0.15) is 0 Å². The van der Waals surface area contributed by atoms with Crippen LogP contribution in [-0.4, -0.2) is 29.5 Å². The number of aromatic nitrogens is 2. The molecule has 9 heteroatoms. The van der Waals surface area contributed by atoms with E-state index in [1.165, 1.54) is 18.8 Å². The molecule has 0 radical (unpaired) electrons. The molecule has 0 amide bonds. The quantitative estimate of drug-likeness (QED) is 0.503. The second kappa shape index (κ2) is 7.80. The first-order valence-electron chi connectivity index (χ1n) is 11.4. The molecule has 3 aromatic rings. The Morgan fingerprint density at radius 3 is 2.50 bits per heavy atom. The van der Waals surface area contributed by atoms with Gasteiger partial charge in [0.1, 0.15) is 0 Å². The van der Waals surface area contributed by atoms with E-state index in [9.17, 15) is 18.3 Å². The van der Waals surface area contributed by atoms with Crippen molar-refractivity contribution in [2.45, 2.75) is 36.1 Å². The highest BCUT2D eigenvalue weighted by Gasteiger charge is 2.53. The Morgan fingerprint density at radius 2 is 1.76 bits per heavy atom. The molecule has 0 spiro atoms. The van der Waals surface area contributed by atoms with Gasteiger partial charge in [-0.05, 0) is 90.5 Å². The van der Waals surface area contributed by atoms with E-state index in [1.807, 2.05) is 18.2 Å². The summed E-state index contributed by atoms with van der Waals surface area (Å²) in [4.78, 5) is 19.4. The molecule has 8 nitrogen and oxygen atoms in total. The van der Waals surface area contributed by atoms with Crippen LogP contribution in [-0.2, 0) is 10.0 Å². The maximum Gasteiger partial charge on any atom is 0.335 e. The molecule has 3 aliphatic rings. The van der Waals surface area contributed by atoms with Crippen LogP contribution in [0.4, 0.5) is 11.6 Å². The van der Waals surface area contributed by atoms with Gasteiger partial charge in [0.15, 0.2) is 0 Å². The molecule has 3 N–H and O–H groups in total. The van der Waals surface area contributed by atoms with E-state index in [1.54, 1.807) is 30.3 Å². The normalized spacial score (nSPS) is 26.9. The Hall–Kier alpha value is -3.46. The lowest BCUT2D eigenvalue weighted by atomic mass is 9.68. The molecule has 2 fully saturated rings. The van der Waals surface area contributed by atoms with Gasteiger partial charge in [0, 0.05) is 18.1 Å². The zero-order valence-electron chi connectivity index (χ0n) is 18.3. The minimum absolute atomic E-state index is 0.0426. The molecular weight excluding hydrogens is 452 g/mol. The molecule has 0 unspecified atom stereocenters. The summed E-state index contributed by atoms with van der Waals surface area (Å²) in [6, 6.07) is 14.1. The van der Waals surface area contributed by atoms with Crippen LogP contribution in [0.25, 0.3) is 0 Å². The molecule has 5 atom stereocenters. The van der Waals surface area contributed by atoms with Crippen LogP contribution in [0.5, 0.6) is 0 Å². The highest BCUT2D eigenvalue weighted by atomic mass is 32.2. The highest BCUT2D eigenvalue weighted by molar-refractivity contribution is 7.92. The minimum atomic E-state index is -3.83. The Bertz CT molecular complexity index is 1360. The predicted octanol–water partition coefficient (Wildman–Crippen LogP) is 4.27. The van der Waals surface area contributed by atoms with Crippen LogP contribution in [0.2, 0.25) is 0 Å². The summed E-state index contributed by atoms with van der Waals surface area (Å²) in [5.74, 6) is 0.805. The molecule has 34 heavy (non-hydrogen) atoms. The van der Waals surface area contributed by atoms with E-state index >= 15 is 0 Å².